The molecule has 1 aliphatic carbocycles. The van der Waals surface area contributed by atoms with Crippen LogP contribution >= 0.6 is 11.6 Å². The topological polar surface area (TPSA) is 53.1 Å². The molecule has 0 bridgehead atoms. The van der Waals surface area contributed by atoms with Crippen molar-refractivity contribution in [3.8, 4) is 0 Å². The Morgan fingerprint density at radius 1 is 1.79 bits per heavy atom. The molecule has 2 N–H and O–H groups in total. The summed E-state index contributed by atoms with van der Waals surface area (Å²) in [4.78, 5) is 0. The van der Waals surface area contributed by atoms with E-state index in [1.165, 1.54) is 12.8 Å². The third-order valence-electron chi connectivity index (χ3n) is 2.56. The van der Waals surface area contributed by atoms with Gasteiger partial charge in [-0.1, -0.05) is 11.6 Å². The standard InChI is InChI=1S/C9H14ClN3O/c1-14-8(6-2-3-6)5-13-4-7(10)9(11)12-13/h4,6,8H,2-3,5H2,1H3,(H2,11,12). The number of aromatic nitrogens is 2. The highest BCUT2D eigenvalue weighted by molar-refractivity contribution is 6.32. The fourth-order valence-electron chi connectivity index (χ4n) is 1.57. The summed E-state index contributed by atoms with van der Waals surface area (Å²) in [5, 5.41) is 4.60. The molecule has 1 aromatic rings. The Balaban J connectivity index is 2.01. The Morgan fingerprint density at radius 3 is 2.93 bits per heavy atom. The second-order valence-corrected chi connectivity index (χ2v) is 4.10. The molecule has 5 heteroatoms. The summed E-state index contributed by atoms with van der Waals surface area (Å²) in [5.41, 5.74) is 5.54. The van der Waals surface area contributed by atoms with Gasteiger partial charge in [0.25, 0.3) is 0 Å². The lowest BCUT2D eigenvalue weighted by Crippen LogP contribution is -2.21. The first kappa shape index (κ1) is 9.80. The molecule has 0 spiro atoms. The second kappa shape index (κ2) is 3.79. The van der Waals surface area contributed by atoms with Gasteiger partial charge in [-0.3, -0.25) is 4.68 Å². The van der Waals surface area contributed by atoms with E-state index in [4.69, 9.17) is 22.1 Å². The van der Waals surface area contributed by atoms with E-state index in [0.717, 1.165) is 6.54 Å². The summed E-state index contributed by atoms with van der Waals surface area (Å²) in [6.07, 6.45) is 4.49. The third-order valence-corrected chi connectivity index (χ3v) is 2.85. The molecule has 1 unspecified atom stereocenters. The molecule has 1 saturated carbocycles. The average molecular weight is 216 g/mol. The van der Waals surface area contributed by atoms with Gasteiger partial charge in [0.1, 0.15) is 5.02 Å². The summed E-state index contributed by atoms with van der Waals surface area (Å²) in [6, 6.07) is 0. The average Bonchev–Trinajstić information content (AvgIpc) is 2.92. The molecular weight excluding hydrogens is 202 g/mol. The van der Waals surface area contributed by atoms with Crippen molar-refractivity contribution in [1.82, 2.24) is 9.78 Å². The normalized spacial score (nSPS) is 18.4. The van der Waals surface area contributed by atoms with E-state index in [1.807, 2.05) is 0 Å². The second-order valence-electron chi connectivity index (χ2n) is 3.70. The monoisotopic (exact) mass is 215 g/mol. The van der Waals surface area contributed by atoms with Gasteiger partial charge in [-0.25, -0.2) is 0 Å². The first-order chi connectivity index (χ1) is 6.70. The van der Waals surface area contributed by atoms with Crippen molar-refractivity contribution in [2.24, 2.45) is 5.92 Å². The molecule has 0 amide bonds. The van der Waals surface area contributed by atoms with Crippen molar-refractivity contribution in [1.29, 1.82) is 0 Å². The number of halogens is 1. The van der Waals surface area contributed by atoms with Gasteiger partial charge in [0.05, 0.1) is 12.6 Å². The Morgan fingerprint density at radius 2 is 2.50 bits per heavy atom. The fraction of sp³-hybridized carbons (Fsp3) is 0.667. The quantitative estimate of drug-likeness (QED) is 0.829. The molecular formula is C9H14ClN3O. The van der Waals surface area contributed by atoms with Crippen molar-refractivity contribution in [2.45, 2.75) is 25.5 Å². The maximum absolute atomic E-state index is 5.80. The molecule has 1 heterocycles. The predicted molar refractivity (Wildman–Crippen MR) is 55.2 cm³/mol. The van der Waals surface area contributed by atoms with E-state index in [2.05, 4.69) is 5.10 Å². The van der Waals surface area contributed by atoms with E-state index >= 15 is 0 Å². The Labute approximate surface area is 88.0 Å². The summed E-state index contributed by atoms with van der Waals surface area (Å²) in [7, 11) is 1.73. The fourth-order valence-corrected chi connectivity index (χ4v) is 1.72. The molecule has 1 fully saturated rings. The van der Waals surface area contributed by atoms with E-state index in [-0.39, 0.29) is 6.10 Å². The van der Waals surface area contributed by atoms with Crippen LogP contribution in [0, 0.1) is 5.92 Å². The van der Waals surface area contributed by atoms with Crippen molar-refractivity contribution in [2.75, 3.05) is 12.8 Å². The first-order valence-electron chi connectivity index (χ1n) is 4.72. The van der Waals surface area contributed by atoms with Crippen LogP contribution in [0.15, 0.2) is 6.20 Å². The molecule has 2 rings (SSSR count). The number of anilines is 1. The lowest BCUT2D eigenvalue weighted by atomic mass is 10.2. The highest BCUT2D eigenvalue weighted by Gasteiger charge is 2.31. The number of ether oxygens (including phenoxy) is 1. The zero-order valence-electron chi connectivity index (χ0n) is 8.11. The van der Waals surface area contributed by atoms with Gasteiger partial charge >= 0.3 is 0 Å². The van der Waals surface area contributed by atoms with E-state index < -0.39 is 0 Å². The maximum atomic E-state index is 5.80. The molecule has 0 saturated heterocycles. The molecule has 0 aromatic carbocycles. The Bertz CT molecular complexity index is 302. The van der Waals surface area contributed by atoms with Crippen molar-refractivity contribution < 1.29 is 4.74 Å². The maximum Gasteiger partial charge on any atom is 0.164 e. The number of methoxy groups -OCH3 is 1. The zero-order chi connectivity index (χ0) is 10.1. The molecule has 1 atom stereocenters. The van der Waals surface area contributed by atoms with Crippen LogP contribution < -0.4 is 5.73 Å². The number of hydrogen-bond acceptors (Lipinski definition) is 3. The number of nitrogen functional groups attached to an aromatic ring is 1. The SMILES string of the molecule is COC(Cn1cc(Cl)c(N)n1)C1CC1. The highest BCUT2D eigenvalue weighted by Crippen LogP contribution is 2.34. The lowest BCUT2D eigenvalue weighted by Gasteiger charge is -2.13. The molecule has 1 aliphatic rings. The number of rotatable bonds is 4. The van der Waals surface area contributed by atoms with Crippen LogP contribution in [0.2, 0.25) is 5.02 Å². The van der Waals surface area contributed by atoms with Gasteiger partial charge in [0.2, 0.25) is 0 Å². The summed E-state index contributed by atoms with van der Waals surface area (Å²) in [6.45, 7) is 0.734. The minimum Gasteiger partial charge on any atom is -0.381 e. The van der Waals surface area contributed by atoms with Gasteiger partial charge in [-0.05, 0) is 18.8 Å². The molecule has 1 aromatic heterocycles. The zero-order valence-corrected chi connectivity index (χ0v) is 8.87. The molecule has 4 nitrogen and oxygen atoms in total. The Hall–Kier alpha value is -0.740. The predicted octanol–water partition coefficient (Wildman–Crippen LogP) is 1.54. The molecule has 78 valence electrons. The van der Waals surface area contributed by atoms with Crippen LogP contribution in [0.4, 0.5) is 5.82 Å². The minimum absolute atomic E-state index is 0.241. The third kappa shape index (κ3) is 2.01. The van der Waals surface area contributed by atoms with E-state index in [9.17, 15) is 0 Å². The molecule has 14 heavy (non-hydrogen) atoms. The van der Waals surface area contributed by atoms with Crippen LogP contribution in [-0.4, -0.2) is 23.0 Å². The summed E-state index contributed by atoms with van der Waals surface area (Å²) >= 11 is 5.80. The number of hydrogen-bond donors (Lipinski definition) is 1. The number of nitrogens with zero attached hydrogens (tertiary/aromatic N) is 2. The van der Waals surface area contributed by atoms with Gasteiger partial charge in [-0.15, -0.1) is 0 Å². The van der Waals surface area contributed by atoms with Crippen molar-refractivity contribution in [3.63, 3.8) is 0 Å². The highest BCUT2D eigenvalue weighted by atomic mass is 35.5. The largest absolute Gasteiger partial charge is 0.381 e. The van der Waals surface area contributed by atoms with Crippen LogP contribution in [0.25, 0.3) is 0 Å². The van der Waals surface area contributed by atoms with Crippen molar-refractivity contribution in [3.05, 3.63) is 11.2 Å². The van der Waals surface area contributed by atoms with E-state index in [1.54, 1.807) is 18.0 Å². The smallest absolute Gasteiger partial charge is 0.164 e. The van der Waals surface area contributed by atoms with Gasteiger partial charge in [-0.2, -0.15) is 5.10 Å². The summed E-state index contributed by atoms with van der Waals surface area (Å²) < 4.78 is 7.14. The van der Waals surface area contributed by atoms with Gasteiger partial charge in [0.15, 0.2) is 5.82 Å². The van der Waals surface area contributed by atoms with Crippen molar-refractivity contribution >= 4 is 17.4 Å². The lowest BCUT2D eigenvalue weighted by molar-refractivity contribution is 0.0670. The minimum atomic E-state index is 0.241. The first-order valence-corrected chi connectivity index (χ1v) is 5.09. The van der Waals surface area contributed by atoms with Crippen LogP contribution in [-0.2, 0) is 11.3 Å². The van der Waals surface area contributed by atoms with Gasteiger partial charge < -0.3 is 10.5 Å². The van der Waals surface area contributed by atoms with Gasteiger partial charge in [0, 0.05) is 13.3 Å². The summed E-state index contributed by atoms with van der Waals surface area (Å²) in [5.74, 6) is 1.07. The molecule has 0 radical (unpaired) electrons. The van der Waals surface area contributed by atoms with Crippen LogP contribution in [0.1, 0.15) is 12.8 Å². The Kier molecular flexibility index (Phi) is 2.65. The number of nitrogens with two attached hydrogens (primary N) is 1. The van der Waals surface area contributed by atoms with Crippen LogP contribution in [0.3, 0.4) is 0 Å². The van der Waals surface area contributed by atoms with Crippen LogP contribution in [0.5, 0.6) is 0 Å². The molecule has 0 aliphatic heterocycles. The van der Waals surface area contributed by atoms with E-state index in [0.29, 0.717) is 16.8 Å².